The molecule has 0 aliphatic heterocycles. The quantitative estimate of drug-likeness (QED) is 0.504. The number of hydrogen-bond acceptors (Lipinski definition) is 3. The minimum atomic E-state index is -6.59. The van der Waals surface area contributed by atoms with E-state index in [1.165, 1.54) is 7.11 Å². The van der Waals surface area contributed by atoms with Crippen LogP contribution in [0.25, 0.3) is 0 Å². The highest BCUT2D eigenvalue weighted by atomic mass is 19.4. The van der Waals surface area contributed by atoms with Gasteiger partial charge in [-0.15, -0.1) is 0 Å². The third kappa shape index (κ3) is 4.83. The fourth-order valence-corrected chi connectivity index (χ4v) is 1.90. The number of ether oxygens (including phenoxy) is 2. The maximum atomic E-state index is 13.2. The largest absolute Gasteiger partial charge is 0.460 e. The van der Waals surface area contributed by atoms with Crippen LogP contribution in [0.3, 0.4) is 0 Å². The summed E-state index contributed by atoms with van der Waals surface area (Å²) in [5, 5.41) is 0. The Hall–Kier alpha value is -1.84. The average molecular weight is 376 g/mol. The fraction of sp³-hybridized carbons (Fsp3) is 0.533. The third-order valence-corrected chi connectivity index (χ3v) is 3.36. The highest BCUT2D eigenvalue weighted by Crippen LogP contribution is 2.47. The maximum Gasteiger partial charge on any atom is 0.460 e. The van der Waals surface area contributed by atoms with Crippen LogP contribution in [-0.4, -0.2) is 44.3 Å². The number of esters is 1. The summed E-state index contributed by atoms with van der Waals surface area (Å²) in [6.45, 7) is -0.665. The van der Waals surface area contributed by atoms with Gasteiger partial charge in [0.2, 0.25) is 0 Å². The van der Waals surface area contributed by atoms with E-state index in [1.807, 2.05) is 0 Å². The molecule has 1 aromatic carbocycles. The number of benzene rings is 1. The second kappa shape index (κ2) is 8.03. The zero-order valence-electron chi connectivity index (χ0n) is 13.0. The van der Waals surface area contributed by atoms with Crippen LogP contribution < -0.4 is 0 Å². The van der Waals surface area contributed by atoms with Gasteiger partial charge in [-0.25, -0.2) is 4.79 Å². The molecule has 10 heteroatoms. The number of methoxy groups -OCH3 is 1. The molecule has 1 aromatic rings. The Morgan fingerprint density at radius 3 is 2.08 bits per heavy atom. The highest BCUT2D eigenvalue weighted by Gasteiger charge is 2.77. The van der Waals surface area contributed by atoms with Crippen molar-refractivity contribution in [3.63, 3.8) is 0 Å². The Labute approximate surface area is 138 Å². The second-order valence-electron chi connectivity index (χ2n) is 5.13. The zero-order chi connectivity index (χ0) is 19.3. The molecule has 0 heterocycles. The molecule has 0 amide bonds. The lowest BCUT2D eigenvalue weighted by Crippen LogP contribution is -2.56. The Bertz CT molecular complexity index is 558. The SMILES string of the molecule is COCCC(COC(=O)C(F)(F)C(F)(F)C(F)(F)F)c1ccccc1. The van der Waals surface area contributed by atoms with Crippen molar-refractivity contribution in [2.75, 3.05) is 20.3 Å². The standard InChI is InChI=1S/C15H15F7O3/c1-24-8-7-11(10-5-3-2-4-6-10)9-25-12(23)13(16,17)14(18,19)15(20,21)22/h2-6,11H,7-9H2,1H3. The van der Waals surface area contributed by atoms with Gasteiger partial charge in [0, 0.05) is 19.6 Å². The Morgan fingerprint density at radius 1 is 1.04 bits per heavy atom. The van der Waals surface area contributed by atoms with Crippen LogP contribution in [0.2, 0.25) is 0 Å². The number of alkyl halides is 7. The summed E-state index contributed by atoms with van der Waals surface area (Å²) in [6, 6.07) is 7.99. The lowest BCUT2D eigenvalue weighted by Gasteiger charge is -2.27. The van der Waals surface area contributed by atoms with E-state index in [2.05, 4.69) is 4.74 Å². The molecular formula is C15H15F7O3. The smallest absolute Gasteiger partial charge is 0.460 e. The molecule has 3 nitrogen and oxygen atoms in total. The van der Waals surface area contributed by atoms with Gasteiger partial charge in [-0.2, -0.15) is 30.7 Å². The monoisotopic (exact) mass is 376 g/mol. The molecular weight excluding hydrogens is 361 g/mol. The van der Waals surface area contributed by atoms with Crippen molar-refractivity contribution in [2.24, 2.45) is 0 Å². The summed E-state index contributed by atoms with van der Waals surface area (Å²) in [5.74, 6) is -16.2. The van der Waals surface area contributed by atoms with E-state index in [-0.39, 0.29) is 13.0 Å². The van der Waals surface area contributed by atoms with Gasteiger partial charge >= 0.3 is 24.0 Å². The fourth-order valence-electron chi connectivity index (χ4n) is 1.90. The summed E-state index contributed by atoms with van der Waals surface area (Å²) in [5.41, 5.74) is 0.526. The predicted octanol–water partition coefficient (Wildman–Crippen LogP) is 4.18. The van der Waals surface area contributed by atoms with Gasteiger partial charge in [0.05, 0.1) is 6.61 Å². The molecule has 0 N–H and O–H groups in total. The third-order valence-electron chi connectivity index (χ3n) is 3.36. The lowest BCUT2D eigenvalue weighted by molar-refractivity contribution is -0.348. The molecule has 0 fully saturated rings. The minimum Gasteiger partial charge on any atom is -0.460 e. The van der Waals surface area contributed by atoms with Crippen LogP contribution in [0.4, 0.5) is 30.7 Å². The number of halogens is 7. The average Bonchev–Trinajstić information content (AvgIpc) is 2.54. The molecule has 0 aliphatic carbocycles. The van der Waals surface area contributed by atoms with Gasteiger partial charge in [-0.05, 0) is 12.0 Å². The van der Waals surface area contributed by atoms with Crippen molar-refractivity contribution < 1.29 is 45.0 Å². The molecule has 142 valence electrons. The Morgan fingerprint density at radius 2 is 1.60 bits per heavy atom. The van der Waals surface area contributed by atoms with Gasteiger partial charge in [0.25, 0.3) is 0 Å². The maximum absolute atomic E-state index is 13.2. The van der Waals surface area contributed by atoms with Gasteiger partial charge < -0.3 is 9.47 Å². The summed E-state index contributed by atoms with van der Waals surface area (Å²) < 4.78 is 97.2. The zero-order valence-corrected chi connectivity index (χ0v) is 13.0. The lowest BCUT2D eigenvalue weighted by atomic mass is 9.97. The molecule has 0 saturated heterocycles. The van der Waals surface area contributed by atoms with Crippen LogP contribution in [0.1, 0.15) is 17.9 Å². The first-order valence-electron chi connectivity index (χ1n) is 6.98. The summed E-state index contributed by atoms with van der Waals surface area (Å²) in [4.78, 5) is 11.2. The molecule has 0 saturated carbocycles. The number of hydrogen-bond donors (Lipinski definition) is 0. The summed E-state index contributed by atoms with van der Waals surface area (Å²) in [6.07, 6.45) is -6.42. The topological polar surface area (TPSA) is 35.5 Å². The molecule has 25 heavy (non-hydrogen) atoms. The number of carbonyl (C=O) groups excluding carboxylic acids is 1. The number of carbonyl (C=O) groups is 1. The molecule has 0 bridgehead atoms. The van der Waals surface area contributed by atoms with Crippen LogP contribution in [0.15, 0.2) is 30.3 Å². The highest BCUT2D eigenvalue weighted by molar-refractivity contribution is 5.79. The Kier molecular flexibility index (Phi) is 6.81. The number of rotatable bonds is 8. The van der Waals surface area contributed by atoms with E-state index in [4.69, 9.17) is 4.74 Å². The predicted molar refractivity (Wildman–Crippen MR) is 72.6 cm³/mol. The summed E-state index contributed by atoms with van der Waals surface area (Å²) >= 11 is 0. The molecule has 0 spiro atoms. The molecule has 0 aliphatic rings. The van der Waals surface area contributed by atoms with Crippen molar-refractivity contribution in [3.05, 3.63) is 35.9 Å². The van der Waals surface area contributed by atoms with Crippen LogP contribution in [0.5, 0.6) is 0 Å². The Balaban J connectivity index is 2.86. The van der Waals surface area contributed by atoms with E-state index < -0.39 is 36.5 Å². The molecule has 0 radical (unpaired) electrons. The van der Waals surface area contributed by atoms with Gasteiger partial charge in [-0.3, -0.25) is 0 Å². The first-order chi connectivity index (χ1) is 11.4. The van der Waals surface area contributed by atoms with Crippen molar-refractivity contribution in [1.29, 1.82) is 0 Å². The van der Waals surface area contributed by atoms with E-state index in [9.17, 15) is 35.5 Å². The van der Waals surface area contributed by atoms with Gasteiger partial charge in [0.15, 0.2) is 0 Å². The van der Waals surface area contributed by atoms with E-state index in [0.717, 1.165) is 0 Å². The second-order valence-corrected chi connectivity index (χ2v) is 5.13. The van der Waals surface area contributed by atoms with E-state index in [0.29, 0.717) is 5.56 Å². The van der Waals surface area contributed by atoms with Gasteiger partial charge in [0.1, 0.15) is 0 Å². The minimum absolute atomic E-state index is 0.131. The van der Waals surface area contributed by atoms with E-state index >= 15 is 0 Å². The van der Waals surface area contributed by atoms with Crippen molar-refractivity contribution >= 4 is 5.97 Å². The first-order valence-corrected chi connectivity index (χ1v) is 6.98. The van der Waals surface area contributed by atoms with Crippen molar-refractivity contribution in [2.45, 2.75) is 30.4 Å². The molecule has 1 unspecified atom stereocenters. The normalized spacial score (nSPS) is 14.2. The molecule has 0 aromatic heterocycles. The first kappa shape index (κ1) is 21.2. The van der Waals surface area contributed by atoms with Crippen LogP contribution in [0, 0.1) is 0 Å². The van der Waals surface area contributed by atoms with Crippen molar-refractivity contribution in [3.8, 4) is 0 Å². The van der Waals surface area contributed by atoms with Crippen LogP contribution >= 0.6 is 0 Å². The molecule has 1 atom stereocenters. The van der Waals surface area contributed by atoms with Crippen molar-refractivity contribution in [1.82, 2.24) is 0 Å². The summed E-state index contributed by atoms with van der Waals surface area (Å²) in [7, 11) is 1.35. The molecule has 1 rings (SSSR count). The van der Waals surface area contributed by atoms with Gasteiger partial charge in [-0.1, -0.05) is 30.3 Å². The van der Waals surface area contributed by atoms with Crippen LogP contribution in [-0.2, 0) is 14.3 Å². The van der Waals surface area contributed by atoms with E-state index in [1.54, 1.807) is 30.3 Å².